The van der Waals surface area contributed by atoms with Gasteiger partial charge in [-0.15, -0.1) is 23.1 Å². The third kappa shape index (κ3) is 6.45. The molecule has 6 heterocycles. The number of carbonyl (C=O) groups is 5. The number of thiazole rings is 1. The molecule has 0 radical (unpaired) electrons. The molecule has 0 aliphatic carbocycles. The molecule has 2 atom stereocenters. The van der Waals surface area contributed by atoms with Crippen molar-refractivity contribution in [3.63, 3.8) is 0 Å². The summed E-state index contributed by atoms with van der Waals surface area (Å²) < 4.78 is 0.515. The standard InChI is InChI=1S/C29H30ClN7O10S2/c30-19-15(1-2-17(38)23(19)41)25(43)35-5-8-37(6-3-14(35)4-7-37)9-13-11-48-27-21(26(44)36(27)22(13)28(45)46)33-24(42)20(34-47-10-18(39)40)16-12-49-29(31)32-16/h1-2,12,14,21,27H,3-11H2,(H6-,31,32,33,34,38,39,40,41,42,43,45,46)/p+1/t14?,21-,27-,37?/m1/s1. The van der Waals surface area contributed by atoms with Crippen molar-refractivity contribution >= 4 is 75.2 Å². The average molecular weight is 737 g/mol. The van der Waals surface area contributed by atoms with E-state index in [1.165, 1.54) is 34.2 Å². The molecule has 3 amide bonds. The largest absolute Gasteiger partial charge is 0.504 e. The molecule has 5 aliphatic heterocycles. The van der Waals surface area contributed by atoms with Crippen LogP contribution in [0.2, 0.25) is 5.02 Å². The van der Waals surface area contributed by atoms with E-state index in [4.69, 9.17) is 27.3 Å². The van der Waals surface area contributed by atoms with Gasteiger partial charge in [0.1, 0.15) is 29.4 Å². The van der Waals surface area contributed by atoms with Crippen LogP contribution in [-0.2, 0) is 24.0 Å². The van der Waals surface area contributed by atoms with Crippen LogP contribution in [0.1, 0.15) is 28.9 Å². The predicted octanol–water partition coefficient (Wildman–Crippen LogP) is 0.469. The smallest absolute Gasteiger partial charge is 0.352 e. The molecule has 17 nitrogen and oxygen atoms in total. The van der Waals surface area contributed by atoms with Gasteiger partial charge in [-0.1, -0.05) is 16.8 Å². The summed E-state index contributed by atoms with van der Waals surface area (Å²) in [6, 6.07) is 1.40. The summed E-state index contributed by atoms with van der Waals surface area (Å²) in [5.74, 6) is -5.20. The van der Waals surface area contributed by atoms with Crippen molar-refractivity contribution in [3.8, 4) is 11.5 Å². The van der Waals surface area contributed by atoms with Crippen LogP contribution >= 0.6 is 34.7 Å². The van der Waals surface area contributed by atoms with Gasteiger partial charge in [-0.05, 0) is 12.1 Å². The molecule has 4 fully saturated rings. The number of hydrogen-bond donors (Lipinski definition) is 6. The number of fused-ring (bicyclic) bond motifs is 5. The minimum absolute atomic E-state index is 0.0124. The predicted molar refractivity (Wildman–Crippen MR) is 175 cm³/mol. The number of phenols is 2. The van der Waals surface area contributed by atoms with Crippen LogP contribution < -0.4 is 11.1 Å². The number of nitrogen functional groups attached to an aromatic ring is 1. The molecule has 5 aliphatic rings. The number of β-lactam (4-membered cyclic amide) rings is 1. The molecule has 1 aromatic carbocycles. The number of phenolic OH excluding ortho intramolecular Hbond substituents is 2. The second kappa shape index (κ2) is 13.4. The summed E-state index contributed by atoms with van der Waals surface area (Å²) >= 11 is 8.51. The zero-order valence-electron chi connectivity index (χ0n) is 25.6. The zero-order chi connectivity index (χ0) is 35.2. The maximum atomic E-state index is 13.5. The van der Waals surface area contributed by atoms with E-state index in [-0.39, 0.29) is 44.8 Å². The molecule has 49 heavy (non-hydrogen) atoms. The second-order valence-corrected chi connectivity index (χ2v) is 14.4. The van der Waals surface area contributed by atoms with Gasteiger partial charge in [0.05, 0.1) is 36.8 Å². The van der Waals surface area contributed by atoms with E-state index in [0.29, 0.717) is 55.6 Å². The highest BCUT2D eigenvalue weighted by Crippen LogP contribution is 2.42. The number of halogens is 1. The number of thioether (sulfide) groups is 1. The average Bonchev–Trinajstić information content (AvgIpc) is 3.31. The van der Waals surface area contributed by atoms with E-state index in [9.17, 15) is 39.3 Å². The Hall–Kier alpha value is -4.59. The van der Waals surface area contributed by atoms with E-state index in [1.807, 2.05) is 0 Å². The van der Waals surface area contributed by atoms with E-state index < -0.39 is 59.0 Å². The fourth-order valence-electron chi connectivity index (χ4n) is 6.69. The van der Waals surface area contributed by atoms with E-state index in [2.05, 4.69) is 15.5 Å². The minimum Gasteiger partial charge on any atom is -0.504 e. The molecule has 260 valence electrons. The number of anilines is 1. The van der Waals surface area contributed by atoms with Gasteiger partial charge >= 0.3 is 11.9 Å². The number of hydrogen-bond acceptors (Lipinski definition) is 13. The third-order valence-electron chi connectivity index (χ3n) is 9.10. The number of piperidine rings is 1. The monoisotopic (exact) mass is 736 g/mol. The maximum absolute atomic E-state index is 13.5. The normalized spacial score (nSPS) is 25.0. The first-order valence-electron chi connectivity index (χ1n) is 15.0. The number of aliphatic carboxylic acids is 2. The molecule has 0 spiro atoms. The molecular formula is C29H31ClN7O10S2+. The van der Waals surface area contributed by atoms with Crippen LogP contribution in [0.4, 0.5) is 5.13 Å². The van der Waals surface area contributed by atoms with Crippen LogP contribution in [0, 0.1) is 0 Å². The van der Waals surface area contributed by atoms with Gasteiger partial charge in [-0.3, -0.25) is 19.3 Å². The number of carbonyl (C=O) groups excluding carboxylic acids is 3. The Labute approximate surface area is 291 Å². The molecular weight excluding hydrogens is 706 g/mol. The summed E-state index contributed by atoms with van der Waals surface area (Å²) in [4.78, 5) is 75.3. The lowest BCUT2D eigenvalue weighted by Gasteiger charge is -2.50. The van der Waals surface area contributed by atoms with Crippen LogP contribution in [0.5, 0.6) is 11.5 Å². The fraction of sp³-hybridized carbons (Fsp3) is 0.414. The number of nitrogens with two attached hydrogens (primary N) is 1. The summed E-state index contributed by atoms with van der Waals surface area (Å²) in [5, 5.41) is 45.7. The van der Waals surface area contributed by atoms with Gasteiger partial charge in [0.25, 0.3) is 17.7 Å². The summed E-state index contributed by atoms with van der Waals surface area (Å²) in [6.45, 7) is 1.75. The molecule has 7 rings (SSSR count). The Kier molecular flexibility index (Phi) is 9.36. The first-order valence-corrected chi connectivity index (χ1v) is 17.3. The highest BCUT2D eigenvalue weighted by molar-refractivity contribution is 8.00. The lowest BCUT2D eigenvalue weighted by atomic mass is 9.99. The number of quaternary nitrogens is 1. The summed E-state index contributed by atoms with van der Waals surface area (Å²) in [5.41, 5.74) is 5.80. The van der Waals surface area contributed by atoms with Gasteiger partial charge in [0.2, 0.25) is 6.61 Å². The van der Waals surface area contributed by atoms with Crippen molar-refractivity contribution in [2.45, 2.75) is 30.3 Å². The van der Waals surface area contributed by atoms with Crippen molar-refractivity contribution in [2.24, 2.45) is 5.16 Å². The Morgan fingerprint density at radius 3 is 2.55 bits per heavy atom. The van der Waals surface area contributed by atoms with Crippen LogP contribution in [-0.4, -0.2) is 138 Å². The lowest BCUT2D eigenvalue weighted by molar-refractivity contribution is -0.924. The lowest BCUT2D eigenvalue weighted by Crippen LogP contribution is -2.71. The third-order valence-corrected chi connectivity index (χ3v) is 11.5. The maximum Gasteiger partial charge on any atom is 0.352 e. The number of aromatic hydroxyl groups is 2. The van der Waals surface area contributed by atoms with Gasteiger partial charge in [0, 0.05) is 35.6 Å². The molecule has 20 heteroatoms. The quantitative estimate of drug-likeness (QED) is 0.0640. The van der Waals surface area contributed by atoms with E-state index in [1.54, 1.807) is 4.90 Å². The van der Waals surface area contributed by atoms with E-state index >= 15 is 0 Å². The number of amides is 3. The SMILES string of the molecule is Nc1nc(/C(=N/OCC(=O)O)C(=O)N[C@@H]2C(=O)N3C(C(=O)O)=C(C[N+]45CCC(CC4)N(C(=O)c4ccc(O)c(O)c4Cl)CC5)CS[C@H]23)cs1. The van der Waals surface area contributed by atoms with E-state index in [0.717, 1.165) is 11.3 Å². The molecule has 0 saturated carbocycles. The van der Waals surface area contributed by atoms with Crippen molar-refractivity contribution in [1.29, 1.82) is 0 Å². The first-order chi connectivity index (χ1) is 23.3. The van der Waals surface area contributed by atoms with Crippen molar-refractivity contribution < 1.29 is 53.7 Å². The molecule has 0 unspecified atom stereocenters. The number of benzene rings is 1. The van der Waals surface area contributed by atoms with Crippen molar-refractivity contribution in [1.82, 2.24) is 20.1 Å². The summed E-state index contributed by atoms with van der Waals surface area (Å²) in [6.07, 6.45) is 1.31. The van der Waals surface area contributed by atoms with Crippen LogP contribution in [0.3, 0.4) is 0 Å². The highest BCUT2D eigenvalue weighted by Gasteiger charge is 2.55. The number of rotatable bonds is 10. The number of carboxylic acid groups (broad SMARTS) is 2. The first kappa shape index (κ1) is 34.3. The van der Waals surface area contributed by atoms with Crippen molar-refractivity contribution in [3.05, 3.63) is 45.1 Å². The molecule has 2 bridgehead atoms. The van der Waals surface area contributed by atoms with Gasteiger partial charge in [0.15, 0.2) is 22.3 Å². The molecule has 4 saturated heterocycles. The van der Waals surface area contributed by atoms with Crippen molar-refractivity contribution in [2.75, 3.05) is 50.8 Å². The number of nitrogens with zero attached hydrogens (tertiary/aromatic N) is 5. The number of aromatic nitrogens is 1. The molecule has 1 aromatic heterocycles. The Balaban J connectivity index is 1.17. The number of nitrogens with one attached hydrogen (secondary N) is 1. The van der Waals surface area contributed by atoms with Gasteiger partial charge in [-0.25, -0.2) is 14.6 Å². The van der Waals surface area contributed by atoms with Gasteiger partial charge < -0.3 is 45.7 Å². The highest BCUT2D eigenvalue weighted by atomic mass is 35.5. The fourth-order valence-corrected chi connectivity index (χ4v) is 8.81. The van der Waals surface area contributed by atoms with Crippen LogP contribution in [0.25, 0.3) is 0 Å². The minimum atomic E-state index is -1.32. The van der Waals surface area contributed by atoms with Crippen LogP contribution in [0.15, 0.2) is 33.9 Å². The number of carboxylic acids is 2. The van der Waals surface area contributed by atoms with Gasteiger partial charge in [-0.2, -0.15) is 0 Å². The Morgan fingerprint density at radius 2 is 1.90 bits per heavy atom. The topological polar surface area (TPSA) is 245 Å². The zero-order valence-corrected chi connectivity index (χ0v) is 28.0. The summed E-state index contributed by atoms with van der Waals surface area (Å²) in [7, 11) is 0. The Bertz CT molecular complexity index is 1810. The number of oxime groups is 1. The Morgan fingerprint density at radius 1 is 1.16 bits per heavy atom. The molecule has 7 N–H and O–H groups in total. The molecule has 2 aromatic rings. The second-order valence-electron chi connectivity index (χ2n) is 12.0.